The number of aryl methyl sites for hydroxylation is 1. The number of alkyl halides is 3. The number of anilines is 2. The standard InChI is InChI=1S/C29H26F3N3O3S/c1-17(2)16-35-27(37)24(33-21-10-4-18(3)5-11-21)25(28(35)38)39-23-14-12-22(13-15-23)34-26(36)19-6-8-20(9-7-19)29(30,31)32/h4-15,17,33H,16H2,1-3H3,(H,34,36). The Morgan fingerprint density at radius 1 is 0.872 bits per heavy atom. The van der Waals surface area contributed by atoms with Gasteiger partial charge in [0.05, 0.1) is 5.56 Å². The van der Waals surface area contributed by atoms with Gasteiger partial charge in [0.15, 0.2) is 0 Å². The van der Waals surface area contributed by atoms with Crippen molar-refractivity contribution in [1.82, 2.24) is 4.90 Å². The SMILES string of the molecule is Cc1ccc(NC2=C(Sc3ccc(NC(=O)c4ccc(C(F)(F)F)cc4)cc3)C(=O)N(CC(C)C)C2=O)cc1. The second-order valence-electron chi connectivity index (χ2n) is 9.47. The van der Waals surface area contributed by atoms with Crippen molar-refractivity contribution in [2.45, 2.75) is 31.8 Å². The number of hydrogen-bond donors (Lipinski definition) is 2. The van der Waals surface area contributed by atoms with E-state index in [4.69, 9.17) is 0 Å². The maximum atomic E-state index is 13.2. The summed E-state index contributed by atoms with van der Waals surface area (Å²) in [7, 11) is 0. The van der Waals surface area contributed by atoms with Crippen LogP contribution < -0.4 is 10.6 Å². The Labute approximate surface area is 228 Å². The Balaban J connectivity index is 1.51. The number of thioether (sulfide) groups is 1. The molecule has 0 saturated heterocycles. The Morgan fingerprint density at radius 3 is 2.03 bits per heavy atom. The lowest BCUT2D eigenvalue weighted by atomic mass is 10.1. The third kappa shape index (κ3) is 6.69. The second-order valence-corrected chi connectivity index (χ2v) is 10.5. The largest absolute Gasteiger partial charge is 0.416 e. The molecule has 0 fully saturated rings. The van der Waals surface area contributed by atoms with Crippen LogP contribution in [0.15, 0.2) is 88.3 Å². The molecular weight excluding hydrogens is 527 g/mol. The van der Waals surface area contributed by atoms with Crippen LogP contribution in [0.1, 0.15) is 35.3 Å². The van der Waals surface area contributed by atoms with Gasteiger partial charge in [-0.25, -0.2) is 0 Å². The highest BCUT2D eigenvalue weighted by molar-refractivity contribution is 8.04. The summed E-state index contributed by atoms with van der Waals surface area (Å²) < 4.78 is 38.3. The number of nitrogens with one attached hydrogen (secondary N) is 2. The normalized spacial score (nSPS) is 13.9. The minimum atomic E-state index is -4.48. The van der Waals surface area contributed by atoms with Crippen LogP contribution in [0, 0.1) is 12.8 Å². The summed E-state index contributed by atoms with van der Waals surface area (Å²) in [5.74, 6) is -1.24. The summed E-state index contributed by atoms with van der Waals surface area (Å²) in [4.78, 5) is 41.0. The highest BCUT2D eigenvalue weighted by atomic mass is 32.2. The van der Waals surface area contributed by atoms with Gasteiger partial charge in [-0.3, -0.25) is 19.3 Å². The number of rotatable bonds is 8. The summed E-state index contributed by atoms with van der Waals surface area (Å²) in [5.41, 5.74) is 1.62. The zero-order valence-electron chi connectivity index (χ0n) is 21.4. The van der Waals surface area contributed by atoms with Gasteiger partial charge >= 0.3 is 6.18 Å². The molecule has 1 heterocycles. The molecule has 202 valence electrons. The van der Waals surface area contributed by atoms with Crippen LogP contribution in [0.2, 0.25) is 0 Å². The van der Waals surface area contributed by atoms with E-state index in [2.05, 4.69) is 10.6 Å². The van der Waals surface area contributed by atoms with Crippen LogP contribution in [0.5, 0.6) is 0 Å². The average molecular weight is 554 g/mol. The molecule has 4 rings (SSSR count). The summed E-state index contributed by atoms with van der Waals surface area (Å²) in [6.07, 6.45) is -4.48. The molecule has 0 aromatic heterocycles. The molecule has 0 aliphatic carbocycles. The van der Waals surface area contributed by atoms with Gasteiger partial charge in [-0.1, -0.05) is 43.3 Å². The Bertz CT molecular complexity index is 1420. The summed E-state index contributed by atoms with van der Waals surface area (Å²) >= 11 is 1.14. The van der Waals surface area contributed by atoms with Gasteiger partial charge in [0.25, 0.3) is 17.7 Å². The third-order valence-electron chi connectivity index (χ3n) is 5.80. The number of benzene rings is 3. The Morgan fingerprint density at radius 2 is 1.46 bits per heavy atom. The molecule has 0 saturated carbocycles. The molecule has 0 radical (unpaired) electrons. The van der Waals surface area contributed by atoms with Crippen molar-refractivity contribution in [3.8, 4) is 0 Å². The Kier molecular flexibility index (Phi) is 8.15. The molecule has 6 nitrogen and oxygen atoms in total. The highest BCUT2D eigenvalue weighted by Crippen LogP contribution is 2.37. The van der Waals surface area contributed by atoms with Crippen molar-refractivity contribution in [1.29, 1.82) is 0 Å². The molecular formula is C29H26F3N3O3S. The van der Waals surface area contributed by atoms with E-state index < -0.39 is 23.6 Å². The summed E-state index contributed by atoms with van der Waals surface area (Å²) in [5, 5.41) is 5.75. The van der Waals surface area contributed by atoms with Crippen molar-refractivity contribution >= 4 is 40.9 Å². The lowest BCUT2D eigenvalue weighted by molar-refractivity contribution is -0.138. The lowest BCUT2D eigenvalue weighted by Gasteiger charge is -2.17. The molecule has 2 N–H and O–H groups in total. The topological polar surface area (TPSA) is 78.5 Å². The van der Waals surface area contributed by atoms with E-state index in [9.17, 15) is 27.6 Å². The molecule has 0 unspecified atom stereocenters. The molecule has 0 spiro atoms. The Hall–Kier alpha value is -4.05. The monoisotopic (exact) mass is 553 g/mol. The van der Waals surface area contributed by atoms with Crippen molar-refractivity contribution in [3.63, 3.8) is 0 Å². The van der Waals surface area contributed by atoms with Crippen molar-refractivity contribution in [2.75, 3.05) is 17.2 Å². The predicted octanol–water partition coefficient (Wildman–Crippen LogP) is 6.71. The third-order valence-corrected chi connectivity index (χ3v) is 6.89. The molecule has 1 aliphatic rings. The van der Waals surface area contributed by atoms with E-state index in [0.717, 1.165) is 41.6 Å². The number of nitrogens with zero attached hydrogens (tertiary/aromatic N) is 1. The van der Waals surface area contributed by atoms with Crippen LogP contribution >= 0.6 is 11.8 Å². The second kappa shape index (κ2) is 11.4. The summed E-state index contributed by atoms with van der Waals surface area (Å²) in [6.45, 7) is 6.09. The van der Waals surface area contributed by atoms with Crippen molar-refractivity contribution in [2.24, 2.45) is 5.92 Å². The zero-order chi connectivity index (χ0) is 28.3. The van der Waals surface area contributed by atoms with E-state index in [0.29, 0.717) is 16.3 Å². The molecule has 10 heteroatoms. The molecule has 3 amide bonds. The summed E-state index contributed by atoms with van der Waals surface area (Å²) in [6, 6.07) is 18.0. The number of hydrogen-bond acceptors (Lipinski definition) is 5. The minimum absolute atomic E-state index is 0.0822. The zero-order valence-corrected chi connectivity index (χ0v) is 22.2. The van der Waals surface area contributed by atoms with E-state index in [1.165, 1.54) is 4.90 Å². The molecule has 3 aromatic rings. The quantitative estimate of drug-likeness (QED) is 0.303. The van der Waals surface area contributed by atoms with Gasteiger partial charge in [-0.2, -0.15) is 13.2 Å². The van der Waals surface area contributed by atoms with E-state index in [1.54, 1.807) is 24.3 Å². The first-order valence-corrected chi connectivity index (χ1v) is 12.9. The predicted molar refractivity (Wildman–Crippen MR) is 145 cm³/mol. The van der Waals surface area contributed by atoms with Crippen LogP contribution in [-0.4, -0.2) is 29.2 Å². The van der Waals surface area contributed by atoms with Gasteiger partial charge in [0, 0.05) is 28.4 Å². The molecule has 0 bridgehead atoms. The van der Waals surface area contributed by atoms with Crippen LogP contribution in [0.25, 0.3) is 0 Å². The van der Waals surface area contributed by atoms with Crippen molar-refractivity contribution < 1.29 is 27.6 Å². The average Bonchev–Trinajstić information content (AvgIpc) is 3.09. The molecule has 1 aliphatic heterocycles. The molecule has 3 aromatic carbocycles. The van der Waals surface area contributed by atoms with Gasteiger partial charge in [-0.05, 0) is 73.5 Å². The van der Waals surface area contributed by atoms with Gasteiger partial charge in [0.1, 0.15) is 10.6 Å². The lowest BCUT2D eigenvalue weighted by Crippen LogP contribution is -2.35. The fourth-order valence-electron chi connectivity index (χ4n) is 3.81. The van der Waals surface area contributed by atoms with Crippen molar-refractivity contribution in [3.05, 3.63) is 100 Å². The maximum Gasteiger partial charge on any atom is 0.416 e. The van der Waals surface area contributed by atoms with Gasteiger partial charge in [-0.15, -0.1) is 0 Å². The van der Waals surface area contributed by atoms with E-state index in [-0.39, 0.29) is 34.5 Å². The number of amides is 3. The fraction of sp³-hybridized carbons (Fsp3) is 0.207. The molecule has 0 atom stereocenters. The van der Waals surface area contributed by atoms with Gasteiger partial charge < -0.3 is 10.6 Å². The first-order valence-electron chi connectivity index (χ1n) is 12.1. The van der Waals surface area contributed by atoms with E-state index in [1.807, 2.05) is 45.0 Å². The first kappa shape index (κ1) is 28.0. The van der Waals surface area contributed by atoms with Crippen LogP contribution in [0.4, 0.5) is 24.5 Å². The van der Waals surface area contributed by atoms with Crippen LogP contribution in [0.3, 0.4) is 0 Å². The highest BCUT2D eigenvalue weighted by Gasteiger charge is 2.39. The number of carbonyl (C=O) groups excluding carboxylic acids is 3. The fourth-order valence-corrected chi connectivity index (χ4v) is 4.75. The van der Waals surface area contributed by atoms with Gasteiger partial charge in [0.2, 0.25) is 0 Å². The smallest absolute Gasteiger partial charge is 0.350 e. The van der Waals surface area contributed by atoms with E-state index >= 15 is 0 Å². The first-order chi connectivity index (χ1) is 18.4. The number of imide groups is 1. The minimum Gasteiger partial charge on any atom is -0.350 e. The van der Waals surface area contributed by atoms with Crippen LogP contribution in [-0.2, 0) is 15.8 Å². The number of carbonyl (C=O) groups is 3. The molecule has 39 heavy (non-hydrogen) atoms. The maximum absolute atomic E-state index is 13.2. The number of halogens is 3.